The van der Waals surface area contributed by atoms with E-state index in [0.29, 0.717) is 15.9 Å². The van der Waals surface area contributed by atoms with Crippen molar-refractivity contribution in [1.82, 2.24) is 9.97 Å². The fraction of sp³-hybridized carbons (Fsp3) is 0.250. The average Bonchev–Trinajstić information content (AvgIpc) is 2.75. The first-order valence-corrected chi connectivity index (χ1v) is 9.72. The molecular weight excluding hydrogens is 476 g/mol. The van der Waals surface area contributed by atoms with E-state index in [1.54, 1.807) is 12.1 Å². The van der Waals surface area contributed by atoms with Crippen molar-refractivity contribution < 1.29 is 31.1 Å². The summed E-state index contributed by atoms with van der Waals surface area (Å²) in [6.07, 6.45) is -5.88. The van der Waals surface area contributed by atoms with Gasteiger partial charge in [-0.15, -0.1) is 0 Å². The number of anilines is 2. The van der Waals surface area contributed by atoms with Crippen LogP contribution in [0.15, 0.2) is 41.7 Å². The number of amidine groups is 1. The molecule has 2 atom stereocenters. The molecule has 0 saturated heterocycles. The Kier molecular flexibility index (Phi) is 5.72. The SMILES string of the molecule is NC1=NC(CF)(c2cc(Nc3nccc4cc(Cl)cnc34)cc(F)c2F)CC(C(F)(F)F)O1. The van der Waals surface area contributed by atoms with E-state index in [0.717, 1.165) is 12.1 Å². The maximum atomic E-state index is 14.7. The first-order valence-electron chi connectivity index (χ1n) is 9.34. The number of fused-ring (bicyclic) bond motifs is 1. The lowest BCUT2D eigenvalue weighted by molar-refractivity contribution is -0.209. The molecule has 1 aromatic carbocycles. The highest BCUT2D eigenvalue weighted by Gasteiger charge is 2.52. The van der Waals surface area contributed by atoms with Crippen LogP contribution in [0, 0.1) is 11.6 Å². The first kappa shape index (κ1) is 22.9. The lowest BCUT2D eigenvalue weighted by atomic mass is 9.84. The fourth-order valence-corrected chi connectivity index (χ4v) is 3.71. The molecule has 0 aliphatic carbocycles. The van der Waals surface area contributed by atoms with Crippen molar-refractivity contribution in [3.05, 3.63) is 58.9 Å². The highest BCUT2D eigenvalue weighted by atomic mass is 35.5. The summed E-state index contributed by atoms with van der Waals surface area (Å²) >= 11 is 5.92. The predicted octanol–water partition coefficient (Wildman–Crippen LogP) is 5.14. The van der Waals surface area contributed by atoms with Gasteiger partial charge in [0.15, 0.2) is 23.6 Å². The molecule has 33 heavy (non-hydrogen) atoms. The number of nitrogens with two attached hydrogens (primary N) is 1. The molecule has 4 rings (SSSR count). The largest absolute Gasteiger partial charge is 0.452 e. The maximum absolute atomic E-state index is 14.7. The third-order valence-corrected chi connectivity index (χ3v) is 5.26. The number of benzene rings is 1. The van der Waals surface area contributed by atoms with E-state index in [2.05, 4.69) is 25.0 Å². The van der Waals surface area contributed by atoms with Crippen molar-refractivity contribution in [2.24, 2.45) is 10.7 Å². The Hall–Kier alpha value is -3.28. The Balaban J connectivity index is 1.80. The van der Waals surface area contributed by atoms with Crippen molar-refractivity contribution in [2.75, 3.05) is 12.0 Å². The van der Waals surface area contributed by atoms with Crippen LogP contribution in [-0.2, 0) is 10.3 Å². The summed E-state index contributed by atoms with van der Waals surface area (Å²) in [6.45, 7) is -1.59. The Bertz CT molecular complexity index is 1250. The zero-order valence-corrected chi connectivity index (χ0v) is 17.2. The Morgan fingerprint density at radius 3 is 2.67 bits per heavy atom. The number of ether oxygens (including phenoxy) is 1. The maximum Gasteiger partial charge on any atom is 0.425 e. The molecule has 3 aromatic rings. The fourth-order valence-electron chi connectivity index (χ4n) is 3.55. The quantitative estimate of drug-likeness (QED) is 0.496. The summed E-state index contributed by atoms with van der Waals surface area (Å²) < 4.78 is 87.6. The van der Waals surface area contributed by atoms with Gasteiger partial charge >= 0.3 is 6.18 Å². The highest BCUT2D eigenvalue weighted by molar-refractivity contribution is 6.31. The van der Waals surface area contributed by atoms with Crippen LogP contribution in [0.1, 0.15) is 12.0 Å². The molecule has 0 bridgehead atoms. The number of hydrogen-bond donors (Lipinski definition) is 2. The summed E-state index contributed by atoms with van der Waals surface area (Å²) in [6, 6.07) is 3.92. The predicted molar refractivity (Wildman–Crippen MR) is 109 cm³/mol. The Morgan fingerprint density at radius 1 is 1.21 bits per heavy atom. The van der Waals surface area contributed by atoms with E-state index >= 15 is 0 Å². The van der Waals surface area contributed by atoms with Crippen molar-refractivity contribution >= 4 is 40.0 Å². The summed E-state index contributed by atoms with van der Waals surface area (Å²) in [4.78, 5) is 11.8. The summed E-state index contributed by atoms with van der Waals surface area (Å²) in [5, 5.41) is 3.67. The number of hydrogen-bond acceptors (Lipinski definition) is 6. The molecule has 1 aliphatic heterocycles. The van der Waals surface area contributed by atoms with Gasteiger partial charge in [-0.1, -0.05) is 11.6 Å². The van der Waals surface area contributed by atoms with E-state index in [4.69, 9.17) is 17.3 Å². The van der Waals surface area contributed by atoms with Gasteiger partial charge in [-0.3, -0.25) is 4.98 Å². The molecule has 174 valence electrons. The number of halogens is 7. The topological polar surface area (TPSA) is 85.4 Å². The molecule has 6 nitrogen and oxygen atoms in total. The molecule has 0 fully saturated rings. The number of aromatic nitrogens is 2. The van der Waals surface area contributed by atoms with Gasteiger partial charge in [0.2, 0.25) is 0 Å². The zero-order valence-electron chi connectivity index (χ0n) is 16.4. The van der Waals surface area contributed by atoms with Crippen LogP contribution in [0.5, 0.6) is 0 Å². The smallest absolute Gasteiger partial charge is 0.425 e. The van der Waals surface area contributed by atoms with Crippen LogP contribution in [0.2, 0.25) is 5.02 Å². The summed E-state index contributed by atoms with van der Waals surface area (Å²) in [5.74, 6) is -2.88. The minimum Gasteiger partial charge on any atom is -0.452 e. The molecule has 0 saturated carbocycles. The molecular formula is C20H14ClF6N5O. The van der Waals surface area contributed by atoms with Gasteiger partial charge in [-0.05, 0) is 18.2 Å². The van der Waals surface area contributed by atoms with Gasteiger partial charge in [0.05, 0.1) is 5.02 Å². The van der Waals surface area contributed by atoms with Gasteiger partial charge in [0.25, 0.3) is 6.02 Å². The van der Waals surface area contributed by atoms with E-state index in [1.165, 1.54) is 12.4 Å². The van der Waals surface area contributed by atoms with E-state index < -0.39 is 54.1 Å². The monoisotopic (exact) mass is 489 g/mol. The van der Waals surface area contributed by atoms with Gasteiger partial charge in [-0.2, -0.15) is 13.2 Å². The van der Waals surface area contributed by atoms with Crippen LogP contribution in [0.4, 0.5) is 37.8 Å². The van der Waals surface area contributed by atoms with Crippen molar-refractivity contribution in [3.63, 3.8) is 0 Å². The molecule has 0 radical (unpaired) electrons. The lowest BCUT2D eigenvalue weighted by Gasteiger charge is -2.36. The minimum absolute atomic E-state index is 0.124. The van der Waals surface area contributed by atoms with Crippen molar-refractivity contribution in [1.29, 1.82) is 0 Å². The normalized spacial score (nSPS) is 20.9. The number of pyridine rings is 2. The summed E-state index contributed by atoms with van der Waals surface area (Å²) in [7, 11) is 0. The molecule has 13 heteroatoms. The number of rotatable bonds is 4. The summed E-state index contributed by atoms with van der Waals surface area (Å²) in [5.41, 5.74) is 2.32. The Morgan fingerprint density at radius 2 is 1.97 bits per heavy atom. The van der Waals surface area contributed by atoms with Crippen molar-refractivity contribution in [3.8, 4) is 0 Å². The van der Waals surface area contributed by atoms with Gasteiger partial charge in [0, 0.05) is 41.5 Å². The lowest BCUT2D eigenvalue weighted by Crippen LogP contribution is -2.48. The molecule has 3 N–H and O–H groups in total. The number of alkyl halides is 4. The van der Waals surface area contributed by atoms with Gasteiger partial charge in [0.1, 0.15) is 17.7 Å². The first-order chi connectivity index (χ1) is 15.5. The number of aliphatic imine (C=N–C) groups is 1. The van der Waals surface area contributed by atoms with Crippen LogP contribution in [-0.4, -0.2) is 34.9 Å². The molecule has 3 heterocycles. The van der Waals surface area contributed by atoms with Crippen LogP contribution in [0.25, 0.3) is 10.9 Å². The molecule has 0 amide bonds. The molecule has 2 unspecified atom stereocenters. The van der Waals surface area contributed by atoms with Crippen molar-refractivity contribution in [2.45, 2.75) is 24.2 Å². The zero-order chi connectivity index (χ0) is 24.0. The third kappa shape index (κ3) is 4.34. The Labute approximate surface area is 187 Å². The second-order valence-corrected chi connectivity index (χ2v) is 7.73. The van der Waals surface area contributed by atoms with Gasteiger partial charge in [-0.25, -0.2) is 23.1 Å². The third-order valence-electron chi connectivity index (χ3n) is 5.05. The minimum atomic E-state index is -4.94. The van der Waals surface area contributed by atoms with E-state index in [9.17, 15) is 26.3 Å². The molecule has 0 spiro atoms. The number of nitrogens with one attached hydrogen (secondary N) is 1. The second kappa shape index (κ2) is 8.25. The molecule has 1 aliphatic rings. The van der Waals surface area contributed by atoms with Gasteiger partial charge < -0.3 is 15.8 Å². The number of nitrogens with zero attached hydrogens (tertiary/aromatic N) is 3. The van der Waals surface area contributed by atoms with Crippen LogP contribution >= 0.6 is 11.6 Å². The molecule has 2 aromatic heterocycles. The van der Waals surface area contributed by atoms with Crippen LogP contribution in [0.3, 0.4) is 0 Å². The standard InChI is InChI=1S/C20H14ClF6N5O/c21-10-3-9-1-2-29-17(16(9)30-7-10)31-11-4-12(15(24)13(23)5-11)19(8-22)6-14(20(25,26)27)33-18(28)32-19/h1-5,7,14H,6,8H2,(H2,28,32)(H,29,31). The van der Waals surface area contributed by atoms with Crippen LogP contribution < -0.4 is 11.1 Å². The van der Waals surface area contributed by atoms with E-state index in [1.807, 2.05) is 0 Å². The highest BCUT2D eigenvalue weighted by Crippen LogP contribution is 2.43. The van der Waals surface area contributed by atoms with E-state index in [-0.39, 0.29) is 11.5 Å². The average molecular weight is 490 g/mol. The second-order valence-electron chi connectivity index (χ2n) is 7.30.